The Balaban J connectivity index is 1.26. The van der Waals surface area contributed by atoms with E-state index < -0.39 is 46.8 Å². The smallest absolute Gasteiger partial charge is 0.435 e. The fraction of sp³-hybridized carbons (Fsp3) is 0.320. The summed E-state index contributed by atoms with van der Waals surface area (Å²) in [5, 5.41) is 5.89. The number of aromatic nitrogens is 4. The maximum atomic E-state index is 13.5. The third-order valence-corrected chi connectivity index (χ3v) is 7.71. The fourth-order valence-electron chi connectivity index (χ4n) is 4.06. The molecule has 3 heterocycles. The summed E-state index contributed by atoms with van der Waals surface area (Å²) in [6.45, 7) is 3.35. The maximum Gasteiger partial charge on any atom is 0.511 e. The zero-order valence-corrected chi connectivity index (χ0v) is 23.5. The SMILES string of the molecule is CCOC(=O)OCOn1on1N1CCC1C(=O)NS(=O)(=O)c1ccc(-n2nc(C(F)(F)F)cc2-c2ccc(C)cc2)cc1. The second kappa shape index (κ2) is 11.4. The van der Waals surface area contributed by atoms with Gasteiger partial charge in [0.25, 0.3) is 22.7 Å². The van der Waals surface area contributed by atoms with E-state index in [1.807, 2.05) is 11.6 Å². The van der Waals surface area contributed by atoms with Crippen molar-refractivity contribution in [3.63, 3.8) is 0 Å². The number of benzene rings is 2. The highest BCUT2D eigenvalue weighted by Gasteiger charge is 2.42. The van der Waals surface area contributed by atoms with Crippen molar-refractivity contribution in [2.75, 3.05) is 25.0 Å². The topological polar surface area (TPSA) is 152 Å². The van der Waals surface area contributed by atoms with Crippen molar-refractivity contribution in [3.05, 3.63) is 65.9 Å². The molecule has 1 amide bonds. The molecule has 0 saturated carbocycles. The quantitative estimate of drug-likeness (QED) is 0.206. The summed E-state index contributed by atoms with van der Waals surface area (Å²) in [6.07, 6.45) is -5.34. The Hall–Kier alpha value is -4.87. The number of sulfonamides is 1. The van der Waals surface area contributed by atoms with Crippen LogP contribution >= 0.6 is 0 Å². The molecule has 2 aromatic carbocycles. The Labute approximate surface area is 242 Å². The van der Waals surface area contributed by atoms with Gasteiger partial charge in [0, 0.05) is 12.1 Å². The molecule has 0 radical (unpaired) electrons. The number of carbonyl (C=O) groups excluding carboxylic acids is 2. The number of rotatable bonds is 10. The van der Waals surface area contributed by atoms with Crippen molar-refractivity contribution in [1.29, 1.82) is 0 Å². The van der Waals surface area contributed by atoms with Crippen LogP contribution in [0.1, 0.15) is 24.6 Å². The van der Waals surface area contributed by atoms with E-state index in [0.29, 0.717) is 18.5 Å². The van der Waals surface area contributed by atoms with Gasteiger partial charge in [0.1, 0.15) is 11.1 Å². The molecular weight excluding hydrogens is 601 g/mol. The molecule has 0 bridgehead atoms. The van der Waals surface area contributed by atoms with Crippen molar-refractivity contribution in [2.45, 2.75) is 37.4 Å². The predicted octanol–water partition coefficient (Wildman–Crippen LogP) is 2.84. The van der Waals surface area contributed by atoms with E-state index >= 15 is 0 Å². The third kappa shape index (κ3) is 6.47. The molecule has 0 aliphatic carbocycles. The van der Waals surface area contributed by atoms with E-state index in [1.165, 1.54) is 17.1 Å². The number of aryl methyl sites for hydroxylation is 1. The number of amides is 1. The maximum absolute atomic E-state index is 13.5. The van der Waals surface area contributed by atoms with Gasteiger partial charge < -0.3 is 14.3 Å². The van der Waals surface area contributed by atoms with Crippen molar-refractivity contribution in [1.82, 2.24) is 24.5 Å². The minimum Gasteiger partial charge on any atom is -0.435 e. The minimum absolute atomic E-state index is 0.116. The number of hydrogen-bond acceptors (Lipinski definition) is 10. The molecule has 43 heavy (non-hydrogen) atoms. The molecule has 1 aliphatic heterocycles. The lowest BCUT2D eigenvalue weighted by Crippen LogP contribution is -2.61. The lowest BCUT2D eigenvalue weighted by Gasteiger charge is -2.35. The molecule has 2 aromatic heterocycles. The molecule has 4 aromatic rings. The number of halogens is 3. The predicted molar refractivity (Wildman–Crippen MR) is 140 cm³/mol. The van der Waals surface area contributed by atoms with Gasteiger partial charge in [0.2, 0.25) is 0 Å². The van der Waals surface area contributed by atoms with Crippen LogP contribution in [0.2, 0.25) is 0 Å². The lowest BCUT2D eigenvalue weighted by molar-refractivity contribution is -0.141. The molecule has 1 aliphatic rings. The summed E-state index contributed by atoms with van der Waals surface area (Å²) >= 11 is 0. The number of alkyl halides is 3. The second-order valence-electron chi connectivity index (χ2n) is 9.27. The summed E-state index contributed by atoms with van der Waals surface area (Å²) in [7, 11) is -4.35. The summed E-state index contributed by atoms with van der Waals surface area (Å²) in [5.41, 5.74) is 0.619. The van der Waals surface area contributed by atoms with Gasteiger partial charge in [0.05, 0.1) is 27.8 Å². The summed E-state index contributed by atoms with van der Waals surface area (Å²) in [6, 6.07) is 11.7. The van der Waals surface area contributed by atoms with Gasteiger partial charge >= 0.3 is 12.3 Å². The van der Waals surface area contributed by atoms with Crippen molar-refractivity contribution in [2.24, 2.45) is 0 Å². The van der Waals surface area contributed by atoms with Gasteiger partial charge in [-0.25, -0.2) is 27.6 Å². The Morgan fingerprint density at radius 2 is 1.79 bits per heavy atom. The van der Waals surface area contributed by atoms with Crippen molar-refractivity contribution < 1.29 is 50.1 Å². The van der Waals surface area contributed by atoms with Crippen LogP contribution in [0.3, 0.4) is 0 Å². The standard InChI is InChI=1S/C25H25F3N6O8S/c1-3-39-24(36)40-15-41-34-33(42-34)31-13-12-20(31)23(35)30-43(37,38)19-10-8-18(9-11-19)32-21(14-22(29-32)25(26,27)28)17-6-4-16(2)5-7-17/h4-11,14,20H,3,12-13,15H2,1-2H3,(H,30,35). The minimum atomic E-state index is -4.70. The van der Waals surface area contributed by atoms with Crippen molar-refractivity contribution >= 4 is 22.1 Å². The Bertz CT molecular complexity index is 1700. The van der Waals surface area contributed by atoms with Crippen molar-refractivity contribution in [3.8, 4) is 16.9 Å². The molecule has 1 atom stereocenters. The zero-order chi connectivity index (χ0) is 30.9. The fourth-order valence-corrected chi connectivity index (χ4v) is 5.07. The monoisotopic (exact) mass is 626 g/mol. The van der Waals surface area contributed by atoms with E-state index in [4.69, 9.17) is 9.47 Å². The molecule has 1 unspecified atom stereocenters. The number of carbonyl (C=O) groups is 2. The first-order valence-corrected chi connectivity index (χ1v) is 14.2. The van der Waals surface area contributed by atoms with Crippen LogP contribution in [0, 0.1) is 6.92 Å². The molecule has 1 fully saturated rings. The highest BCUT2D eigenvalue weighted by Crippen LogP contribution is 2.33. The van der Waals surface area contributed by atoms with Gasteiger partial charge in [0.15, 0.2) is 5.69 Å². The van der Waals surface area contributed by atoms with Crippen LogP contribution in [0.4, 0.5) is 18.0 Å². The van der Waals surface area contributed by atoms with E-state index in [1.54, 1.807) is 31.2 Å². The van der Waals surface area contributed by atoms with Gasteiger partial charge in [-0.2, -0.15) is 22.9 Å². The lowest BCUT2D eigenvalue weighted by atomic mass is 10.1. The van der Waals surface area contributed by atoms with Gasteiger partial charge in [-0.3, -0.25) is 4.79 Å². The number of hydrogen-bond donors (Lipinski definition) is 1. The molecule has 14 nitrogen and oxygen atoms in total. The highest BCUT2D eigenvalue weighted by molar-refractivity contribution is 7.90. The normalized spacial score (nSPS) is 15.2. The summed E-state index contributed by atoms with van der Waals surface area (Å²) in [4.78, 5) is 29.7. The molecule has 18 heteroatoms. The van der Waals surface area contributed by atoms with Crippen LogP contribution in [0.5, 0.6) is 0 Å². The molecule has 5 rings (SSSR count). The van der Waals surface area contributed by atoms with Crippen LogP contribution in [-0.2, 0) is 30.5 Å². The average Bonchev–Trinajstić information content (AvgIpc) is 3.49. The molecule has 0 spiro atoms. The molecular formula is C25H25F3N6O8S. The Kier molecular flexibility index (Phi) is 7.87. The first-order chi connectivity index (χ1) is 20.4. The summed E-state index contributed by atoms with van der Waals surface area (Å²) < 4.78 is 83.6. The van der Waals surface area contributed by atoms with Crippen LogP contribution < -0.4 is 14.6 Å². The third-order valence-electron chi connectivity index (χ3n) is 6.35. The Morgan fingerprint density at radius 3 is 2.40 bits per heavy atom. The number of nitrogens with zero attached hydrogens (tertiary/aromatic N) is 5. The zero-order valence-electron chi connectivity index (χ0n) is 22.6. The first-order valence-electron chi connectivity index (χ1n) is 12.8. The highest BCUT2D eigenvalue weighted by atomic mass is 32.2. The van der Waals surface area contributed by atoms with Crippen LogP contribution in [0.15, 0.2) is 64.1 Å². The number of nitrogens with one attached hydrogen (secondary N) is 1. The summed E-state index contributed by atoms with van der Waals surface area (Å²) in [5.74, 6) is -0.850. The van der Waals surface area contributed by atoms with Crippen LogP contribution in [-0.4, -0.2) is 66.2 Å². The second-order valence-corrected chi connectivity index (χ2v) is 11.0. The van der Waals surface area contributed by atoms with E-state index in [2.05, 4.69) is 14.6 Å². The molecule has 1 N–H and O–H groups in total. The van der Waals surface area contributed by atoms with Gasteiger partial charge in [-0.1, -0.05) is 29.8 Å². The van der Waals surface area contributed by atoms with Gasteiger partial charge in [-0.05, 0) is 50.6 Å². The van der Waals surface area contributed by atoms with Crippen LogP contribution in [0.25, 0.3) is 16.9 Å². The van der Waals surface area contributed by atoms with Gasteiger partial charge in [-0.15, -0.1) is 0 Å². The Morgan fingerprint density at radius 1 is 1.09 bits per heavy atom. The largest absolute Gasteiger partial charge is 0.511 e. The molecule has 230 valence electrons. The van der Waals surface area contributed by atoms with E-state index in [-0.39, 0.29) is 22.9 Å². The number of ether oxygens (including phenoxy) is 2. The van der Waals surface area contributed by atoms with E-state index in [9.17, 15) is 31.2 Å². The molecule has 1 saturated heterocycles. The average molecular weight is 627 g/mol. The first kappa shape index (κ1) is 29.6. The van der Waals surface area contributed by atoms with E-state index in [0.717, 1.165) is 38.4 Å².